The summed E-state index contributed by atoms with van der Waals surface area (Å²) >= 11 is 12.4. The van der Waals surface area contributed by atoms with Crippen LogP contribution in [0.4, 0.5) is 5.69 Å². The smallest absolute Gasteiger partial charge is 0.262 e. The molecule has 9 nitrogen and oxygen atoms in total. The number of carbonyl (C=O) groups is 4. The lowest BCUT2D eigenvalue weighted by molar-refractivity contribution is -0.136. The highest BCUT2D eigenvalue weighted by Gasteiger charge is 2.44. The van der Waals surface area contributed by atoms with Gasteiger partial charge in [0, 0.05) is 45.3 Å². The van der Waals surface area contributed by atoms with E-state index in [-0.39, 0.29) is 18.4 Å². The Morgan fingerprint density at radius 2 is 1.71 bits per heavy atom. The number of carbonyl (C=O) groups excluding carboxylic acids is 4. The highest BCUT2D eigenvalue weighted by molar-refractivity contribution is 6.43. The summed E-state index contributed by atoms with van der Waals surface area (Å²) in [5.41, 5.74) is 2.29. The highest BCUT2D eigenvalue weighted by atomic mass is 35.5. The fourth-order valence-electron chi connectivity index (χ4n) is 4.65. The number of imide groups is 2. The summed E-state index contributed by atoms with van der Waals surface area (Å²) in [7, 11) is 0. The van der Waals surface area contributed by atoms with Crippen LogP contribution in [-0.4, -0.2) is 70.6 Å². The monoisotopic (exact) mass is 501 g/mol. The molecule has 0 radical (unpaired) electrons. The van der Waals surface area contributed by atoms with Gasteiger partial charge in [-0.05, 0) is 24.1 Å². The lowest BCUT2D eigenvalue weighted by atomic mass is 10.0. The third-order valence-electron chi connectivity index (χ3n) is 6.44. The Kier molecular flexibility index (Phi) is 6.01. The Morgan fingerprint density at radius 1 is 0.971 bits per heavy atom. The van der Waals surface area contributed by atoms with Crippen LogP contribution in [-0.2, 0) is 16.1 Å². The normalized spacial score (nSPS) is 21.2. The van der Waals surface area contributed by atoms with Gasteiger partial charge in [-0.25, -0.2) is 0 Å². The predicted molar refractivity (Wildman–Crippen MR) is 125 cm³/mol. The number of benzene rings is 1. The molecule has 1 N–H and O–H groups in total. The lowest BCUT2D eigenvalue weighted by Gasteiger charge is -2.36. The van der Waals surface area contributed by atoms with Gasteiger partial charge >= 0.3 is 0 Å². The first-order valence-electron chi connectivity index (χ1n) is 10.9. The molecule has 1 aromatic heterocycles. The summed E-state index contributed by atoms with van der Waals surface area (Å²) in [4.78, 5) is 59.0. The Hall–Kier alpha value is -3.01. The minimum atomic E-state index is -0.963. The average Bonchev–Trinajstić information content (AvgIpc) is 3.06. The third kappa shape index (κ3) is 4.04. The van der Waals surface area contributed by atoms with Gasteiger partial charge < -0.3 is 4.90 Å². The zero-order chi connectivity index (χ0) is 24.0. The summed E-state index contributed by atoms with van der Waals surface area (Å²) in [6.07, 6.45) is 3.46. The van der Waals surface area contributed by atoms with Crippen LogP contribution < -0.4 is 10.2 Å². The molecule has 1 aromatic carbocycles. The van der Waals surface area contributed by atoms with E-state index in [1.807, 2.05) is 6.07 Å². The van der Waals surface area contributed by atoms with Crippen molar-refractivity contribution >= 4 is 52.5 Å². The van der Waals surface area contributed by atoms with Crippen molar-refractivity contribution in [1.29, 1.82) is 0 Å². The van der Waals surface area contributed by atoms with Crippen molar-refractivity contribution in [2.45, 2.75) is 25.4 Å². The number of nitrogens with one attached hydrogen (secondary N) is 1. The quantitative estimate of drug-likeness (QED) is 0.639. The van der Waals surface area contributed by atoms with Crippen molar-refractivity contribution < 1.29 is 19.2 Å². The molecule has 3 aliphatic heterocycles. The van der Waals surface area contributed by atoms with Gasteiger partial charge in [-0.3, -0.25) is 39.3 Å². The van der Waals surface area contributed by atoms with E-state index in [9.17, 15) is 19.2 Å². The van der Waals surface area contributed by atoms with Gasteiger partial charge in [0.1, 0.15) is 6.04 Å². The van der Waals surface area contributed by atoms with Crippen molar-refractivity contribution in [3.05, 3.63) is 57.3 Å². The summed E-state index contributed by atoms with van der Waals surface area (Å²) < 4.78 is 0. The lowest BCUT2D eigenvalue weighted by Crippen LogP contribution is -2.54. The van der Waals surface area contributed by atoms with Crippen molar-refractivity contribution in [3.8, 4) is 0 Å². The third-order valence-corrected chi connectivity index (χ3v) is 7.22. The molecule has 1 unspecified atom stereocenters. The number of halogens is 2. The summed E-state index contributed by atoms with van der Waals surface area (Å²) in [5, 5.41) is 3.12. The molecule has 3 aliphatic rings. The van der Waals surface area contributed by atoms with Crippen LogP contribution in [0, 0.1) is 0 Å². The van der Waals surface area contributed by atoms with E-state index in [1.54, 1.807) is 18.3 Å². The van der Waals surface area contributed by atoms with E-state index in [0.717, 1.165) is 42.3 Å². The second kappa shape index (κ2) is 8.98. The Bertz CT molecular complexity index is 1210. The fraction of sp³-hybridized carbons (Fsp3) is 0.348. The molecule has 34 heavy (non-hydrogen) atoms. The first kappa shape index (κ1) is 22.8. The molecular formula is C23H21Cl2N5O4. The first-order valence-corrected chi connectivity index (χ1v) is 11.7. The van der Waals surface area contributed by atoms with Crippen molar-refractivity contribution in [2.75, 3.05) is 31.1 Å². The minimum Gasteiger partial charge on any atom is -0.366 e. The zero-order valence-electron chi connectivity index (χ0n) is 18.1. The van der Waals surface area contributed by atoms with E-state index < -0.39 is 29.7 Å². The molecule has 4 amide bonds. The van der Waals surface area contributed by atoms with Gasteiger partial charge in [-0.15, -0.1) is 0 Å². The molecule has 11 heteroatoms. The second-order valence-corrected chi connectivity index (χ2v) is 9.33. The number of pyridine rings is 1. The van der Waals surface area contributed by atoms with Gasteiger partial charge in [0.25, 0.3) is 11.8 Å². The van der Waals surface area contributed by atoms with Crippen LogP contribution in [0.1, 0.15) is 39.1 Å². The Balaban J connectivity index is 1.26. The van der Waals surface area contributed by atoms with Crippen LogP contribution in [0.25, 0.3) is 0 Å². The minimum absolute atomic E-state index is 0.0947. The highest BCUT2D eigenvalue weighted by Crippen LogP contribution is 2.32. The SMILES string of the molecule is O=C1CCC(N2C(=O)c3ccc(CN4CCN(c5cncc(Cl)c5Cl)CC4)cc3C2=O)C(=O)N1. The first-order chi connectivity index (χ1) is 16.3. The number of nitrogens with zero attached hydrogens (tertiary/aromatic N) is 4. The topological polar surface area (TPSA) is 103 Å². The molecule has 0 saturated carbocycles. The number of aromatic nitrogens is 1. The van der Waals surface area contributed by atoms with E-state index in [0.29, 0.717) is 22.2 Å². The van der Waals surface area contributed by atoms with Crippen LogP contribution in [0.2, 0.25) is 10.0 Å². The number of fused-ring (bicyclic) bond motifs is 1. The number of hydrogen-bond acceptors (Lipinski definition) is 7. The molecule has 5 rings (SSSR count). The number of amides is 4. The molecule has 0 bridgehead atoms. The number of piperazine rings is 1. The molecule has 0 aliphatic carbocycles. The van der Waals surface area contributed by atoms with Crippen LogP contribution in [0.15, 0.2) is 30.6 Å². The van der Waals surface area contributed by atoms with E-state index in [1.165, 1.54) is 6.20 Å². The molecular weight excluding hydrogens is 481 g/mol. The molecule has 0 spiro atoms. The van der Waals surface area contributed by atoms with Gasteiger partial charge in [-0.1, -0.05) is 29.3 Å². The van der Waals surface area contributed by atoms with Crippen molar-refractivity contribution in [3.63, 3.8) is 0 Å². The van der Waals surface area contributed by atoms with Crippen LogP contribution >= 0.6 is 23.2 Å². The van der Waals surface area contributed by atoms with E-state index in [4.69, 9.17) is 23.2 Å². The molecule has 176 valence electrons. The average molecular weight is 502 g/mol. The standard InChI is InChI=1S/C23H21Cl2N5O4/c24-16-10-26-11-18(20(16)25)29-7-5-28(6-8-29)12-13-1-2-14-15(9-13)23(34)30(22(14)33)17-3-4-19(31)27-21(17)32/h1-2,9-11,17H,3-8,12H2,(H,27,31,32). The zero-order valence-corrected chi connectivity index (χ0v) is 19.6. The largest absolute Gasteiger partial charge is 0.366 e. The number of hydrogen-bond donors (Lipinski definition) is 1. The Labute approximate surface area is 205 Å². The van der Waals surface area contributed by atoms with Crippen LogP contribution in [0.5, 0.6) is 0 Å². The second-order valence-electron chi connectivity index (χ2n) is 8.54. The van der Waals surface area contributed by atoms with Gasteiger partial charge in [-0.2, -0.15) is 0 Å². The van der Waals surface area contributed by atoms with E-state index in [2.05, 4.69) is 20.1 Å². The maximum Gasteiger partial charge on any atom is 0.262 e. The van der Waals surface area contributed by atoms with Crippen molar-refractivity contribution in [1.82, 2.24) is 20.1 Å². The van der Waals surface area contributed by atoms with Crippen LogP contribution in [0.3, 0.4) is 0 Å². The van der Waals surface area contributed by atoms with Crippen molar-refractivity contribution in [2.24, 2.45) is 0 Å². The summed E-state index contributed by atoms with van der Waals surface area (Å²) in [6, 6.07) is 4.24. The van der Waals surface area contributed by atoms with Gasteiger partial charge in [0.05, 0.1) is 33.1 Å². The van der Waals surface area contributed by atoms with Gasteiger partial charge in [0.2, 0.25) is 11.8 Å². The molecule has 1 atom stereocenters. The molecule has 2 aromatic rings. The summed E-state index contributed by atoms with van der Waals surface area (Å²) in [5.74, 6) is -2.00. The predicted octanol–water partition coefficient (Wildman–Crippen LogP) is 2.11. The molecule has 4 heterocycles. The summed E-state index contributed by atoms with van der Waals surface area (Å²) in [6.45, 7) is 3.65. The Morgan fingerprint density at radius 3 is 2.44 bits per heavy atom. The molecule has 2 fully saturated rings. The number of anilines is 1. The van der Waals surface area contributed by atoms with Gasteiger partial charge in [0.15, 0.2) is 0 Å². The fourth-order valence-corrected chi connectivity index (χ4v) is 5.02. The number of piperidine rings is 1. The number of rotatable bonds is 4. The maximum atomic E-state index is 13.0. The maximum absolute atomic E-state index is 13.0. The molecule has 2 saturated heterocycles. The van der Waals surface area contributed by atoms with E-state index >= 15 is 0 Å².